The zero-order valence-corrected chi connectivity index (χ0v) is 12.0. The van der Waals surface area contributed by atoms with Gasteiger partial charge in [0.25, 0.3) is 0 Å². The first-order valence-electron chi connectivity index (χ1n) is 6.13. The molecule has 0 atom stereocenters. The molecular formula is C12H20FN3O2S. The van der Waals surface area contributed by atoms with Crippen LogP contribution in [0.1, 0.15) is 13.3 Å². The van der Waals surface area contributed by atoms with Crippen molar-refractivity contribution in [3.05, 3.63) is 30.1 Å². The Morgan fingerprint density at radius 1 is 1.37 bits per heavy atom. The predicted octanol–water partition coefficient (Wildman–Crippen LogP) is 1.18. The highest BCUT2D eigenvalue weighted by atomic mass is 32.2. The third-order valence-corrected chi connectivity index (χ3v) is 4.73. The molecule has 0 saturated carbocycles. The van der Waals surface area contributed by atoms with Crippen LogP contribution in [-0.2, 0) is 10.2 Å². The van der Waals surface area contributed by atoms with Gasteiger partial charge in [-0.3, -0.25) is 4.31 Å². The summed E-state index contributed by atoms with van der Waals surface area (Å²) < 4.78 is 40.3. The highest BCUT2D eigenvalue weighted by Crippen LogP contribution is 2.20. The molecule has 1 aromatic carbocycles. The normalized spacial score (nSPS) is 11.8. The number of hydrogen-bond acceptors (Lipinski definition) is 3. The molecule has 0 bridgehead atoms. The average Bonchev–Trinajstić information content (AvgIpc) is 2.36. The first-order valence-corrected chi connectivity index (χ1v) is 7.52. The second kappa shape index (κ2) is 6.83. The summed E-state index contributed by atoms with van der Waals surface area (Å²) in [6.45, 7) is 2.70. The summed E-state index contributed by atoms with van der Waals surface area (Å²) in [6.07, 6.45) is 0.580. The van der Waals surface area contributed by atoms with Crippen molar-refractivity contribution in [3.63, 3.8) is 0 Å². The number of anilines is 1. The van der Waals surface area contributed by atoms with Crippen molar-refractivity contribution in [3.8, 4) is 0 Å². The zero-order valence-electron chi connectivity index (χ0n) is 11.2. The monoisotopic (exact) mass is 289 g/mol. The first-order chi connectivity index (χ1) is 8.93. The van der Waals surface area contributed by atoms with Gasteiger partial charge in [-0.2, -0.15) is 12.7 Å². The highest BCUT2D eigenvalue weighted by Gasteiger charge is 2.25. The van der Waals surface area contributed by atoms with Crippen LogP contribution in [0.2, 0.25) is 0 Å². The molecule has 0 aromatic heterocycles. The molecule has 2 N–H and O–H groups in total. The fraction of sp³-hybridized carbons (Fsp3) is 0.500. The van der Waals surface area contributed by atoms with E-state index in [9.17, 15) is 12.8 Å². The standard InChI is InChI=1S/C12H20FN3O2S/c1-3-16(12-7-4-6-11(13)10-12)19(17,18)15(2)9-5-8-14/h4,6-7,10H,3,5,8-9,14H2,1-2H3. The second-order valence-corrected chi connectivity index (χ2v) is 6.08. The van der Waals surface area contributed by atoms with Crippen LogP contribution in [0.15, 0.2) is 24.3 Å². The maximum absolute atomic E-state index is 13.2. The lowest BCUT2D eigenvalue weighted by molar-refractivity contribution is 0.460. The van der Waals surface area contributed by atoms with E-state index in [1.54, 1.807) is 13.0 Å². The maximum atomic E-state index is 13.2. The van der Waals surface area contributed by atoms with Crippen molar-refractivity contribution in [1.29, 1.82) is 0 Å². The largest absolute Gasteiger partial charge is 0.330 e. The Bertz CT molecular complexity index is 507. The number of rotatable bonds is 7. The Kier molecular flexibility index (Phi) is 5.71. The summed E-state index contributed by atoms with van der Waals surface area (Å²) in [7, 11) is -2.16. The van der Waals surface area contributed by atoms with Gasteiger partial charge in [-0.25, -0.2) is 4.39 Å². The van der Waals surface area contributed by atoms with Gasteiger partial charge in [0.1, 0.15) is 5.82 Å². The van der Waals surface area contributed by atoms with Gasteiger partial charge in [-0.1, -0.05) is 6.07 Å². The Labute approximate surface area is 114 Å². The fourth-order valence-electron chi connectivity index (χ4n) is 1.71. The minimum atomic E-state index is -3.65. The van der Waals surface area contributed by atoms with Crippen molar-refractivity contribution in [2.45, 2.75) is 13.3 Å². The highest BCUT2D eigenvalue weighted by molar-refractivity contribution is 7.90. The smallest absolute Gasteiger partial charge is 0.303 e. The van der Waals surface area contributed by atoms with Crippen LogP contribution in [-0.4, -0.2) is 39.4 Å². The first kappa shape index (κ1) is 15.9. The third kappa shape index (κ3) is 3.89. The Hall–Kier alpha value is -1.18. The van der Waals surface area contributed by atoms with Gasteiger partial charge in [0.05, 0.1) is 5.69 Å². The summed E-state index contributed by atoms with van der Waals surface area (Å²) in [5.74, 6) is -0.462. The summed E-state index contributed by atoms with van der Waals surface area (Å²) >= 11 is 0. The van der Waals surface area contributed by atoms with E-state index in [2.05, 4.69) is 0 Å². The van der Waals surface area contributed by atoms with E-state index in [0.717, 1.165) is 0 Å². The maximum Gasteiger partial charge on any atom is 0.303 e. The van der Waals surface area contributed by atoms with E-state index in [1.807, 2.05) is 0 Å². The molecule has 0 amide bonds. The molecule has 0 fully saturated rings. The fourth-order valence-corrected chi connectivity index (χ4v) is 3.11. The van der Waals surface area contributed by atoms with Crippen molar-refractivity contribution in [2.75, 3.05) is 31.0 Å². The molecule has 0 aliphatic heterocycles. The average molecular weight is 289 g/mol. The summed E-state index contributed by atoms with van der Waals surface area (Å²) in [5.41, 5.74) is 5.70. The predicted molar refractivity (Wildman–Crippen MR) is 74.6 cm³/mol. The van der Waals surface area contributed by atoms with Gasteiger partial charge >= 0.3 is 10.2 Å². The van der Waals surface area contributed by atoms with Crippen molar-refractivity contribution < 1.29 is 12.8 Å². The Balaban J connectivity index is 3.01. The van der Waals surface area contributed by atoms with Crippen LogP contribution in [0.25, 0.3) is 0 Å². The molecule has 1 aromatic rings. The van der Waals surface area contributed by atoms with Crippen LogP contribution < -0.4 is 10.0 Å². The van der Waals surface area contributed by atoms with Crippen LogP contribution in [0, 0.1) is 5.82 Å². The molecule has 0 heterocycles. The van der Waals surface area contributed by atoms with E-state index in [4.69, 9.17) is 5.73 Å². The summed E-state index contributed by atoms with van der Waals surface area (Å²) in [4.78, 5) is 0. The number of halogens is 1. The lowest BCUT2D eigenvalue weighted by Crippen LogP contribution is -2.42. The minimum absolute atomic E-state index is 0.235. The van der Waals surface area contributed by atoms with Crippen LogP contribution >= 0.6 is 0 Å². The van der Waals surface area contributed by atoms with E-state index in [0.29, 0.717) is 25.2 Å². The third-order valence-electron chi connectivity index (χ3n) is 2.73. The van der Waals surface area contributed by atoms with E-state index < -0.39 is 16.0 Å². The zero-order chi connectivity index (χ0) is 14.5. The van der Waals surface area contributed by atoms with Crippen molar-refractivity contribution in [1.82, 2.24) is 4.31 Å². The van der Waals surface area contributed by atoms with Crippen LogP contribution in [0.4, 0.5) is 10.1 Å². The SMILES string of the molecule is CCN(c1cccc(F)c1)S(=O)(=O)N(C)CCCN. The van der Waals surface area contributed by atoms with Crippen LogP contribution in [0.5, 0.6) is 0 Å². The lowest BCUT2D eigenvalue weighted by Gasteiger charge is -2.28. The summed E-state index contributed by atoms with van der Waals surface area (Å²) in [5, 5.41) is 0. The molecular weight excluding hydrogens is 269 g/mol. The molecule has 0 radical (unpaired) electrons. The Morgan fingerprint density at radius 2 is 2.05 bits per heavy atom. The van der Waals surface area contributed by atoms with Crippen molar-refractivity contribution >= 4 is 15.9 Å². The van der Waals surface area contributed by atoms with Gasteiger partial charge in [0, 0.05) is 20.1 Å². The topological polar surface area (TPSA) is 66.6 Å². The molecule has 0 aliphatic rings. The lowest BCUT2D eigenvalue weighted by atomic mass is 10.3. The minimum Gasteiger partial charge on any atom is -0.330 e. The van der Waals surface area contributed by atoms with E-state index >= 15 is 0 Å². The molecule has 0 aliphatic carbocycles. The molecule has 1 rings (SSSR count). The molecule has 19 heavy (non-hydrogen) atoms. The van der Waals surface area contributed by atoms with Crippen molar-refractivity contribution in [2.24, 2.45) is 5.73 Å². The van der Waals surface area contributed by atoms with Crippen LogP contribution in [0.3, 0.4) is 0 Å². The molecule has 7 heteroatoms. The van der Waals surface area contributed by atoms with E-state index in [1.165, 1.54) is 33.9 Å². The summed E-state index contributed by atoms with van der Waals surface area (Å²) in [6, 6.07) is 5.55. The molecule has 5 nitrogen and oxygen atoms in total. The Morgan fingerprint density at radius 3 is 2.58 bits per heavy atom. The number of nitrogens with zero attached hydrogens (tertiary/aromatic N) is 2. The molecule has 108 valence electrons. The van der Waals surface area contributed by atoms with Gasteiger partial charge in [-0.05, 0) is 38.1 Å². The second-order valence-electron chi connectivity index (χ2n) is 4.12. The quantitative estimate of drug-likeness (QED) is 0.819. The van der Waals surface area contributed by atoms with E-state index in [-0.39, 0.29) is 6.54 Å². The molecule has 0 saturated heterocycles. The van der Waals surface area contributed by atoms with Gasteiger partial charge in [0.15, 0.2) is 0 Å². The molecule has 0 unspecified atom stereocenters. The number of hydrogen-bond donors (Lipinski definition) is 1. The van der Waals surface area contributed by atoms with Gasteiger partial charge in [0.2, 0.25) is 0 Å². The number of nitrogens with two attached hydrogens (primary N) is 1. The number of benzene rings is 1. The van der Waals surface area contributed by atoms with Gasteiger partial charge < -0.3 is 5.73 Å². The molecule has 0 spiro atoms. The van der Waals surface area contributed by atoms with Gasteiger partial charge in [-0.15, -0.1) is 0 Å².